The van der Waals surface area contributed by atoms with Gasteiger partial charge in [0.1, 0.15) is 16.9 Å². The Morgan fingerprint density at radius 1 is 0.297 bits per heavy atom. The molecule has 0 unspecified atom stereocenters. The second kappa shape index (κ2) is 55.6. The summed E-state index contributed by atoms with van der Waals surface area (Å²) >= 11 is 0. The fraction of sp³-hybridized carbons (Fsp3) is 0.838. The van der Waals surface area contributed by atoms with E-state index in [1.807, 2.05) is 18.9 Å². The third-order valence-corrected chi connectivity index (χ3v) is 17.3. The summed E-state index contributed by atoms with van der Waals surface area (Å²) < 4.78 is 40.0. The maximum absolute atomic E-state index is 13.3. The zero-order chi connectivity index (χ0) is 53.0. The molecule has 0 saturated carbocycles. The summed E-state index contributed by atoms with van der Waals surface area (Å²) in [5, 5.41) is 1.70. The third kappa shape index (κ3) is 40.5. The molecule has 0 amide bonds. The summed E-state index contributed by atoms with van der Waals surface area (Å²) in [5.41, 5.74) is 3.47. The fourth-order valence-electron chi connectivity index (χ4n) is 11.8. The van der Waals surface area contributed by atoms with Crippen molar-refractivity contribution in [1.82, 2.24) is 0 Å². The van der Waals surface area contributed by atoms with E-state index in [0.29, 0.717) is 11.8 Å². The van der Waals surface area contributed by atoms with Crippen molar-refractivity contribution in [3.05, 3.63) is 41.0 Å². The Hall–Kier alpha value is -0.720. The first-order chi connectivity index (χ1) is 36.0. The second-order valence-electron chi connectivity index (χ2n) is 23.0. The van der Waals surface area contributed by atoms with Gasteiger partial charge in [0.2, 0.25) is 0 Å². The van der Waals surface area contributed by atoms with Gasteiger partial charge in [-0.2, -0.15) is 0 Å². The minimum Gasteiger partial charge on any atom is -0.744 e. The second-order valence-corrected chi connectivity index (χ2v) is 24.3. The van der Waals surface area contributed by atoms with Crippen molar-refractivity contribution < 1.29 is 47.3 Å². The molecule has 426 valence electrons. The van der Waals surface area contributed by atoms with Crippen LogP contribution < -0.4 is 29.6 Å². The van der Waals surface area contributed by atoms with E-state index in [2.05, 4.69) is 32.9 Å². The maximum atomic E-state index is 13.3. The Morgan fingerprint density at radius 3 is 0.716 bits per heavy atom. The first-order valence-electron chi connectivity index (χ1n) is 32.8. The Labute approximate surface area is 484 Å². The van der Waals surface area contributed by atoms with Crippen LogP contribution in [0, 0.1) is 0 Å². The number of rotatable bonds is 55. The number of carbonyl (C=O) groups is 1. The molecule has 2 aromatic rings. The van der Waals surface area contributed by atoms with Crippen molar-refractivity contribution >= 4 is 27.7 Å². The molecule has 0 aliphatic rings. The summed E-state index contributed by atoms with van der Waals surface area (Å²) in [5.74, 6) is 0. The van der Waals surface area contributed by atoms with Crippen molar-refractivity contribution in [2.45, 2.75) is 372 Å². The van der Waals surface area contributed by atoms with Crippen molar-refractivity contribution in [1.29, 1.82) is 0 Å². The topological polar surface area (TPSA) is 74.3 Å². The van der Waals surface area contributed by atoms with Crippen LogP contribution in [-0.2, 0) is 34.2 Å². The molecule has 0 aromatic heterocycles. The summed E-state index contributed by atoms with van der Waals surface area (Å²) in [7, 11) is -4.64. The Bertz CT molecular complexity index is 1590. The Kier molecular flexibility index (Phi) is 55.0. The predicted molar refractivity (Wildman–Crippen MR) is 323 cm³/mol. The molecule has 0 N–H and O–H groups in total. The molecule has 0 fully saturated rings. The molecule has 4 nitrogen and oxygen atoms in total. The molecule has 0 spiro atoms. The first-order valence-corrected chi connectivity index (χ1v) is 34.2. The van der Waals surface area contributed by atoms with Gasteiger partial charge in [-0.3, -0.25) is 0 Å². The van der Waals surface area contributed by atoms with Crippen LogP contribution in [0.5, 0.6) is 0 Å². The normalized spacial score (nSPS) is 11.6. The summed E-state index contributed by atoms with van der Waals surface area (Å²) in [6.07, 6.45) is 71.4. The van der Waals surface area contributed by atoms with Gasteiger partial charge >= 0.3 is 29.6 Å². The van der Waals surface area contributed by atoms with Crippen LogP contribution in [0.4, 0.5) is 0 Å². The number of benzene rings is 2. The smallest absolute Gasteiger partial charge is 0.744 e. The molecular weight excluding hydrogens is 936 g/mol. The number of hydrogen-bond donors (Lipinski definition) is 0. The van der Waals surface area contributed by atoms with E-state index in [1.165, 1.54) is 313 Å². The van der Waals surface area contributed by atoms with Crippen molar-refractivity contribution in [2.75, 3.05) is 0 Å². The van der Waals surface area contributed by atoms with E-state index in [4.69, 9.17) is 4.79 Å². The minimum absolute atomic E-state index is 0. The third-order valence-electron chi connectivity index (χ3n) is 16.3. The van der Waals surface area contributed by atoms with E-state index in [1.54, 1.807) is 0 Å². The zero-order valence-electron chi connectivity index (χ0n) is 50.2. The molecule has 0 radical (unpaired) electrons. The van der Waals surface area contributed by atoms with Gasteiger partial charge < -0.3 is 9.35 Å². The molecule has 2 aromatic carbocycles. The molecule has 0 atom stereocenters. The van der Waals surface area contributed by atoms with Crippen molar-refractivity contribution in [3.8, 4) is 0 Å². The Balaban J connectivity index is 0.0000175. The van der Waals surface area contributed by atoms with Crippen LogP contribution in [0.3, 0.4) is 0 Å². The van der Waals surface area contributed by atoms with Gasteiger partial charge in [0.15, 0.2) is 0 Å². The molecule has 0 aliphatic carbocycles. The predicted octanol–water partition coefficient (Wildman–Crippen LogP) is 20.1. The maximum Gasteiger partial charge on any atom is 1.00 e. The van der Waals surface area contributed by atoms with E-state index in [9.17, 15) is 13.0 Å². The number of fused-ring (bicyclic) bond motifs is 1. The van der Waals surface area contributed by atoms with Gasteiger partial charge in [-0.25, -0.2) is 8.42 Å². The molecule has 0 saturated heterocycles. The molecule has 2 rings (SSSR count). The van der Waals surface area contributed by atoms with Crippen LogP contribution in [-0.4, -0.2) is 19.8 Å². The fourth-order valence-corrected chi connectivity index (χ4v) is 12.8. The van der Waals surface area contributed by atoms with Gasteiger partial charge in [-0.05, 0) is 66.0 Å². The number of carbonyl (C=O) groups excluding carboxylic acids is 1. The summed E-state index contributed by atoms with van der Waals surface area (Å²) in [6, 6.07) is 8.03. The van der Waals surface area contributed by atoms with E-state index < -0.39 is 10.1 Å². The van der Waals surface area contributed by atoms with E-state index in [-0.39, 0.29) is 34.5 Å². The van der Waals surface area contributed by atoms with E-state index >= 15 is 0 Å². The largest absolute Gasteiger partial charge is 1.00 e. The molecule has 74 heavy (non-hydrogen) atoms. The first kappa shape index (κ1) is 73.3. The minimum atomic E-state index is -4.64. The number of hydrogen-bond acceptors (Lipinski definition) is 4. The molecule has 0 bridgehead atoms. The molecular formula is C68H123NaO4S. The van der Waals surface area contributed by atoms with Crippen LogP contribution in [0.25, 0.3) is 10.8 Å². The quantitative estimate of drug-likeness (QED) is 0.0376. The average molecular weight is 1060 g/mol. The molecule has 0 heterocycles. The van der Waals surface area contributed by atoms with Gasteiger partial charge in [0.05, 0.1) is 4.90 Å². The van der Waals surface area contributed by atoms with Crippen LogP contribution >= 0.6 is 0 Å². The van der Waals surface area contributed by atoms with Gasteiger partial charge in [0.25, 0.3) is 0 Å². The monoisotopic (exact) mass is 1060 g/mol. The van der Waals surface area contributed by atoms with Gasteiger partial charge in [0, 0.05) is 0 Å². The van der Waals surface area contributed by atoms with Crippen LogP contribution in [0.2, 0.25) is 0 Å². The Morgan fingerprint density at radius 2 is 0.486 bits per heavy atom. The van der Waals surface area contributed by atoms with Crippen molar-refractivity contribution in [3.63, 3.8) is 0 Å². The standard InChI is InChI=1S/C67H122O3S.CH2O.Na/c1-4-7-10-13-16-19-22-25-28-31-34-37-40-43-46-49-52-57-62-63(58-53-50-47-44-41-38-35-32-29-26-23-20-17-14-11-8-5-2)65(67(71(68,69)70)66-61-56-55-59-64(62)66)60-54-51-48-45-42-39-36-33-30-27-24-21-18-15-12-9-6-3;1-2;/h55-56,59,61H,4-54,57-58,60H2,1-3H3,(H,68,69,70);1H2;/q;;+1/p-1. The zero-order valence-corrected chi connectivity index (χ0v) is 53.1. The average Bonchev–Trinajstić information content (AvgIpc) is 3.39. The van der Waals surface area contributed by atoms with Gasteiger partial charge in [-0.15, -0.1) is 0 Å². The molecule has 6 heteroatoms. The summed E-state index contributed by atoms with van der Waals surface area (Å²) in [6.45, 7) is 8.89. The van der Waals surface area contributed by atoms with Crippen LogP contribution in [0.15, 0.2) is 29.2 Å². The van der Waals surface area contributed by atoms with Gasteiger partial charge in [-0.1, -0.05) is 353 Å². The SMILES string of the molecule is C=O.CCCCCCCCCCCCCCCCCCCc1c(CCCCCCCCCCCCCCCCCCC)c(S(=O)(=O)[O-])c2ccccc2c1CCCCCCCCCCCCCCCCCCC.[Na+]. The van der Waals surface area contributed by atoms with E-state index in [0.717, 1.165) is 49.5 Å². The van der Waals surface area contributed by atoms with Crippen LogP contribution in [0.1, 0.15) is 365 Å². The molecule has 0 aliphatic heterocycles. The van der Waals surface area contributed by atoms with Crippen molar-refractivity contribution in [2.24, 2.45) is 0 Å². The number of unbranched alkanes of at least 4 members (excludes halogenated alkanes) is 48. The number of aryl methyl sites for hydroxylation is 1. The summed E-state index contributed by atoms with van der Waals surface area (Å²) in [4.78, 5) is 8.11.